The molecule has 2 aromatic heterocycles. The lowest BCUT2D eigenvalue weighted by atomic mass is 9.89. The third kappa shape index (κ3) is 4.66. The van der Waals surface area contributed by atoms with Gasteiger partial charge in [-0.15, -0.1) is 0 Å². The number of fused-ring (bicyclic) bond motifs is 6. The van der Waals surface area contributed by atoms with E-state index in [1.165, 1.54) is 24.4 Å². The van der Waals surface area contributed by atoms with Gasteiger partial charge in [-0.05, 0) is 130 Å². The molecule has 1 saturated carbocycles. The van der Waals surface area contributed by atoms with Gasteiger partial charge in [0.2, 0.25) is 0 Å². The van der Waals surface area contributed by atoms with Crippen molar-refractivity contribution in [3.63, 3.8) is 0 Å². The van der Waals surface area contributed by atoms with Crippen molar-refractivity contribution in [2.75, 3.05) is 0 Å². The lowest BCUT2D eigenvalue weighted by Gasteiger charge is -2.16. The van der Waals surface area contributed by atoms with Crippen LogP contribution in [0.2, 0.25) is 0 Å². The van der Waals surface area contributed by atoms with Crippen LogP contribution in [0, 0.1) is 20.6 Å². The molecule has 2 heteroatoms. The van der Waals surface area contributed by atoms with Gasteiger partial charge in [0, 0.05) is 36.2 Å². The second kappa shape index (κ2) is 11.0. The Kier molecular flexibility index (Phi) is 4.53. The van der Waals surface area contributed by atoms with E-state index < -0.39 is 26.4 Å². The third-order valence-electron chi connectivity index (χ3n) is 9.80. The van der Waals surface area contributed by atoms with E-state index in [9.17, 15) is 0 Å². The highest BCUT2D eigenvalue weighted by atomic mass is 16.3. The first kappa shape index (κ1) is 19.5. The minimum Gasteiger partial charge on any atom is -0.455 e. The summed E-state index contributed by atoms with van der Waals surface area (Å²) in [4.78, 5) is 4.61. The summed E-state index contributed by atoms with van der Waals surface area (Å²) in [5.74, 6) is -0.709. The van der Waals surface area contributed by atoms with Gasteiger partial charge in [-0.3, -0.25) is 4.98 Å². The van der Waals surface area contributed by atoms with Crippen LogP contribution in [0.5, 0.6) is 0 Å². The monoisotopic (exact) mass is 617 g/mol. The molecule has 2 heterocycles. The number of rotatable bonds is 4. The SMILES string of the molecule is [2H]C([2H])([2H])c1cc(-c2cc(-c3cccc4c3oc3cc5c(ccc6ccccc65)cc34)ncc2C([2H])([2H])[2H])c(C([2H])([2H])[2H])cc1-c1ccc(C2([2H])CCCC2)cc1. The number of hydrogen-bond acceptors (Lipinski definition) is 2. The van der Waals surface area contributed by atoms with Gasteiger partial charge in [0.25, 0.3) is 0 Å². The van der Waals surface area contributed by atoms with Crippen molar-refractivity contribution < 1.29 is 18.1 Å². The Morgan fingerprint density at radius 2 is 1.36 bits per heavy atom. The molecule has 0 amide bonds. The van der Waals surface area contributed by atoms with E-state index in [4.69, 9.17) is 18.1 Å². The molecule has 2 nitrogen and oxygen atoms in total. The first-order valence-electron chi connectivity index (χ1n) is 21.1. The molecule has 1 aliphatic carbocycles. The molecule has 0 aliphatic heterocycles. The Labute approximate surface area is 289 Å². The number of benzene rings is 6. The maximum absolute atomic E-state index is 8.94. The summed E-state index contributed by atoms with van der Waals surface area (Å²) in [6.07, 6.45) is 4.64. The van der Waals surface area contributed by atoms with Gasteiger partial charge < -0.3 is 4.42 Å². The largest absolute Gasteiger partial charge is 0.455 e. The Morgan fingerprint density at radius 1 is 0.617 bits per heavy atom. The molecule has 228 valence electrons. The molecule has 8 aromatic rings. The molecule has 0 spiro atoms. The minimum atomic E-state index is -2.76. The lowest BCUT2D eigenvalue weighted by molar-refractivity contribution is 0.670. The zero-order valence-electron chi connectivity index (χ0n) is 35.7. The highest BCUT2D eigenvalue weighted by Crippen LogP contribution is 2.41. The first-order valence-corrected chi connectivity index (χ1v) is 16.1. The summed E-state index contributed by atoms with van der Waals surface area (Å²) in [6.45, 7) is -8.17. The van der Waals surface area contributed by atoms with Crippen LogP contribution >= 0.6 is 0 Å². The predicted molar refractivity (Wildman–Crippen MR) is 198 cm³/mol. The van der Waals surface area contributed by atoms with E-state index in [0.717, 1.165) is 63.6 Å². The topological polar surface area (TPSA) is 26.0 Å². The summed E-state index contributed by atoms with van der Waals surface area (Å²) in [5, 5.41) is 6.02. The molecule has 0 unspecified atom stereocenters. The molecular formula is C45H37NO. The van der Waals surface area contributed by atoms with E-state index in [2.05, 4.69) is 35.3 Å². The zero-order valence-corrected chi connectivity index (χ0v) is 25.7. The van der Waals surface area contributed by atoms with Crippen LogP contribution in [0.1, 0.15) is 67.5 Å². The van der Waals surface area contributed by atoms with Gasteiger partial charge in [0.15, 0.2) is 0 Å². The first-order chi connectivity index (χ1) is 27.0. The van der Waals surface area contributed by atoms with Gasteiger partial charge in [-0.1, -0.05) is 97.8 Å². The summed E-state index contributed by atoms with van der Waals surface area (Å²) in [5.41, 5.74) is 3.12. The highest BCUT2D eigenvalue weighted by molar-refractivity contribution is 6.17. The number of hydrogen-bond donors (Lipinski definition) is 0. The number of aryl methyl sites for hydroxylation is 3. The molecular weight excluding hydrogens is 571 g/mol. The van der Waals surface area contributed by atoms with Crippen molar-refractivity contribution in [3.8, 4) is 33.5 Å². The summed E-state index contributed by atoms with van der Waals surface area (Å²) in [6, 6.07) is 33.4. The molecule has 0 saturated heterocycles. The van der Waals surface area contributed by atoms with Crippen LogP contribution in [0.25, 0.3) is 77.0 Å². The van der Waals surface area contributed by atoms with Crippen LogP contribution < -0.4 is 0 Å². The Morgan fingerprint density at radius 3 is 2.21 bits per heavy atom. The number of furan rings is 1. The standard InChI is InChI=1S/C45H37NO/c1-27-22-39(28(2)21-38(27)33-17-15-31(16-18-33)30-9-4-5-10-30)40-24-43(46-26-29(40)3)37-14-8-13-36-42-23-34-20-19-32-11-6-7-12-35(32)41(34)25-44(42)47-45(36)37/h6-8,11-26,30H,4-5,9-10H2,1-3H3/i1D3,2D3,3D3,30D. The fraction of sp³-hybridized carbons (Fsp3) is 0.178. The van der Waals surface area contributed by atoms with Crippen molar-refractivity contribution in [1.29, 1.82) is 0 Å². The number of pyridine rings is 1. The minimum absolute atomic E-state index is 0.0257. The van der Waals surface area contributed by atoms with Crippen molar-refractivity contribution in [2.24, 2.45) is 0 Å². The van der Waals surface area contributed by atoms with Crippen molar-refractivity contribution in [1.82, 2.24) is 4.98 Å². The van der Waals surface area contributed by atoms with Crippen LogP contribution in [0.4, 0.5) is 0 Å². The molecule has 47 heavy (non-hydrogen) atoms. The molecule has 1 aliphatic rings. The summed E-state index contributed by atoms with van der Waals surface area (Å²) >= 11 is 0. The van der Waals surface area contributed by atoms with Crippen LogP contribution in [0.3, 0.4) is 0 Å². The Hall–Kier alpha value is -5.21. The lowest BCUT2D eigenvalue weighted by Crippen LogP contribution is -1.95. The van der Waals surface area contributed by atoms with Crippen LogP contribution in [-0.2, 0) is 0 Å². The number of aromatic nitrogens is 1. The molecule has 0 radical (unpaired) electrons. The Balaban J connectivity index is 1.25. The predicted octanol–water partition coefficient (Wildman–Crippen LogP) is 12.9. The van der Waals surface area contributed by atoms with Gasteiger partial charge in [0.1, 0.15) is 11.2 Å². The maximum Gasteiger partial charge on any atom is 0.144 e. The van der Waals surface area contributed by atoms with Crippen LogP contribution in [-0.4, -0.2) is 4.98 Å². The second-order valence-corrected chi connectivity index (χ2v) is 12.6. The summed E-state index contributed by atoms with van der Waals surface area (Å²) in [7, 11) is 0. The van der Waals surface area contributed by atoms with E-state index in [0.29, 0.717) is 28.0 Å². The average molecular weight is 618 g/mol. The van der Waals surface area contributed by atoms with E-state index in [-0.39, 0.29) is 33.4 Å². The molecule has 1 fully saturated rings. The highest BCUT2D eigenvalue weighted by Gasteiger charge is 2.19. The van der Waals surface area contributed by atoms with Gasteiger partial charge >= 0.3 is 0 Å². The van der Waals surface area contributed by atoms with Crippen molar-refractivity contribution in [2.45, 2.75) is 52.1 Å². The molecule has 9 rings (SSSR count). The van der Waals surface area contributed by atoms with E-state index in [1.807, 2.05) is 48.5 Å². The number of nitrogens with zero attached hydrogens (tertiary/aromatic N) is 1. The van der Waals surface area contributed by atoms with E-state index >= 15 is 0 Å². The normalized spacial score (nSPS) is 18.5. The van der Waals surface area contributed by atoms with Crippen LogP contribution in [0.15, 0.2) is 120 Å². The van der Waals surface area contributed by atoms with Gasteiger partial charge in [-0.2, -0.15) is 0 Å². The molecule has 6 aromatic carbocycles. The summed E-state index contributed by atoms with van der Waals surface area (Å²) < 4.78 is 92.6. The van der Waals surface area contributed by atoms with Gasteiger partial charge in [0.05, 0.1) is 5.69 Å². The third-order valence-corrected chi connectivity index (χ3v) is 9.80. The fourth-order valence-electron chi connectivity index (χ4n) is 7.36. The van der Waals surface area contributed by atoms with E-state index in [1.54, 1.807) is 12.1 Å². The fourth-order valence-corrected chi connectivity index (χ4v) is 7.36. The van der Waals surface area contributed by atoms with Gasteiger partial charge in [-0.25, -0.2) is 0 Å². The molecule has 0 N–H and O–H groups in total. The van der Waals surface area contributed by atoms with Crippen molar-refractivity contribution >= 4 is 43.5 Å². The average Bonchev–Trinajstić information content (AvgIpc) is 3.79. The Bertz CT molecular complexity index is 2880. The maximum atomic E-state index is 8.94. The quantitative estimate of drug-likeness (QED) is 0.184. The molecule has 0 atom stereocenters. The second-order valence-electron chi connectivity index (χ2n) is 12.6. The zero-order chi connectivity index (χ0) is 40.1. The smallest absolute Gasteiger partial charge is 0.144 e. The molecule has 0 bridgehead atoms. The van der Waals surface area contributed by atoms with Crippen molar-refractivity contribution in [3.05, 3.63) is 138 Å². The number of para-hydroxylation sites is 1.